The first-order chi connectivity index (χ1) is 15.1. The number of fused-ring (bicyclic) bond motifs is 3. The van der Waals surface area contributed by atoms with Gasteiger partial charge < -0.3 is 19.7 Å². The number of nitrogens with zero attached hydrogens (tertiary/aromatic N) is 4. The number of H-pyrrole nitrogens is 1. The van der Waals surface area contributed by atoms with Crippen molar-refractivity contribution in [3.05, 3.63) is 41.9 Å². The second-order valence-corrected chi connectivity index (χ2v) is 8.42. The fourth-order valence-corrected chi connectivity index (χ4v) is 4.60. The highest BCUT2D eigenvalue weighted by atomic mass is 16.4. The molecule has 4 aromatic rings. The highest BCUT2D eigenvalue weighted by Crippen LogP contribution is 2.43. The maximum Gasteiger partial charge on any atom is 0.326 e. The summed E-state index contributed by atoms with van der Waals surface area (Å²) >= 11 is 0. The van der Waals surface area contributed by atoms with Crippen molar-refractivity contribution in [3.8, 4) is 0 Å². The van der Waals surface area contributed by atoms with E-state index < -0.39 is 12.0 Å². The number of aromatic amines is 1. The number of benzene rings is 1. The van der Waals surface area contributed by atoms with Crippen LogP contribution >= 0.6 is 0 Å². The number of carbonyl (C=O) groups is 1. The molecule has 1 aliphatic heterocycles. The molecule has 1 saturated carbocycles. The van der Waals surface area contributed by atoms with Gasteiger partial charge in [0.25, 0.3) is 0 Å². The highest BCUT2D eigenvalue weighted by Gasteiger charge is 2.40. The van der Waals surface area contributed by atoms with Gasteiger partial charge in [0.05, 0.1) is 0 Å². The molecule has 3 aromatic heterocycles. The maximum absolute atomic E-state index is 12.1. The van der Waals surface area contributed by atoms with Gasteiger partial charge in [0, 0.05) is 36.2 Å². The summed E-state index contributed by atoms with van der Waals surface area (Å²) < 4.78 is 6.08. The molecule has 6 rings (SSSR count). The van der Waals surface area contributed by atoms with Crippen LogP contribution in [0.15, 0.2) is 34.9 Å². The van der Waals surface area contributed by atoms with E-state index in [1.165, 1.54) is 18.4 Å². The van der Waals surface area contributed by atoms with Gasteiger partial charge in [-0.1, -0.05) is 12.1 Å². The minimum Gasteiger partial charge on any atom is -0.480 e. The van der Waals surface area contributed by atoms with E-state index in [0.29, 0.717) is 47.2 Å². The van der Waals surface area contributed by atoms with E-state index in [1.807, 2.05) is 42.3 Å². The molecule has 1 saturated heterocycles. The molecule has 158 valence electrons. The van der Waals surface area contributed by atoms with Crippen LogP contribution in [0.2, 0.25) is 0 Å². The fraction of sp³-hybridized carbons (Fsp3) is 0.364. The standard InChI is InChI=1S/C22H22N6O3/c1-11-24-18-14-4-2-3-5-17(14)31-19(18)21(25-11)28-10-13(8-16(28)22(29)30)26-20-15(9-23-27-20)12-6-7-12/h2-5,9,12-13,16H,6-8,10H2,1H3,(H,29,30)(H2,23,26,27)/t13-,16-/m0/s1. The first kappa shape index (κ1) is 18.2. The second kappa shape index (κ2) is 6.69. The number of hydrogen-bond acceptors (Lipinski definition) is 7. The summed E-state index contributed by atoms with van der Waals surface area (Å²) in [4.78, 5) is 23.2. The Bertz CT molecular complexity index is 1310. The molecule has 0 bridgehead atoms. The number of nitrogens with one attached hydrogen (secondary N) is 2. The maximum atomic E-state index is 12.1. The van der Waals surface area contributed by atoms with Crippen LogP contribution in [0.3, 0.4) is 0 Å². The van der Waals surface area contributed by atoms with E-state index in [0.717, 1.165) is 11.2 Å². The Morgan fingerprint density at radius 1 is 1.29 bits per heavy atom. The van der Waals surface area contributed by atoms with Crippen LogP contribution < -0.4 is 10.2 Å². The topological polar surface area (TPSA) is 120 Å². The number of carboxylic acids is 1. The van der Waals surface area contributed by atoms with Crippen molar-refractivity contribution in [2.45, 2.75) is 44.2 Å². The molecule has 0 amide bonds. The fourth-order valence-electron chi connectivity index (χ4n) is 4.60. The SMILES string of the molecule is Cc1nc(N2C[C@@H](Nc3n[nH]cc3C3CC3)C[C@H]2C(=O)O)c2oc3ccccc3c2n1. The van der Waals surface area contributed by atoms with Crippen molar-refractivity contribution < 1.29 is 14.3 Å². The van der Waals surface area contributed by atoms with Crippen LogP contribution in [0.25, 0.3) is 22.1 Å². The van der Waals surface area contributed by atoms with E-state index >= 15 is 0 Å². The Labute approximate surface area is 177 Å². The van der Waals surface area contributed by atoms with Gasteiger partial charge in [-0.15, -0.1) is 0 Å². The molecule has 31 heavy (non-hydrogen) atoms. The van der Waals surface area contributed by atoms with Gasteiger partial charge in [-0.05, 0) is 37.8 Å². The molecule has 9 nitrogen and oxygen atoms in total. The van der Waals surface area contributed by atoms with Crippen molar-refractivity contribution in [2.24, 2.45) is 0 Å². The van der Waals surface area contributed by atoms with Crippen molar-refractivity contribution in [1.29, 1.82) is 0 Å². The van der Waals surface area contributed by atoms with E-state index in [4.69, 9.17) is 4.42 Å². The van der Waals surface area contributed by atoms with Gasteiger partial charge in [-0.25, -0.2) is 14.8 Å². The van der Waals surface area contributed by atoms with Crippen molar-refractivity contribution in [1.82, 2.24) is 20.2 Å². The number of furan rings is 1. The third-order valence-electron chi connectivity index (χ3n) is 6.20. The Morgan fingerprint density at radius 3 is 2.94 bits per heavy atom. The van der Waals surface area contributed by atoms with Crippen LogP contribution in [-0.4, -0.2) is 49.9 Å². The lowest BCUT2D eigenvalue weighted by atomic mass is 10.1. The van der Waals surface area contributed by atoms with Crippen LogP contribution in [0, 0.1) is 6.92 Å². The summed E-state index contributed by atoms with van der Waals surface area (Å²) in [7, 11) is 0. The zero-order valence-corrected chi connectivity index (χ0v) is 17.0. The number of aliphatic carboxylic acids is 1. The largest absolute Gasteiger partial charge is 0.480 e. The van der Waals surface area contributed by atoms with E-state index in [2.05, 4.69) is 25.5 Å². The molecule has 0 unspecified atom stereocenters. The number of rotatable bonds is 5. The number of carboxylic acid groups (broad SMARTS) is 1. The van der Waals surface area contributed by atoms with Crippen molar-refractivity contribution in [3.63, 3.8) is 0 Å². The third kappa shape index (κ3) is 2.99. The first-order valence-corrected chi connectivity index (χ1v) is 10.5. The molecule has 9 heteroatoms. The number of hydrogen-bond donors (Lipinski definition) is 3. The Morgan fingerprint density at radius 2 is 2.13 bits per heavy atom. The zero-order chi connectivity index (χ0) is 21.1. The second-order valence-electron chi connectivity index (χ2n) is 8.42. The van der Waals surface area contributed by atoms with Gasteiger partial charge >= 0.3 is 5.97 Å². The minimum absolute atomic E-state index is 0.0726. The molecular weight excluding hydrogens is 396 g/mol. The summed E-state index contributed by atoms with van der Waals surface area (Å²) in [5.74, 6) is 1.60. The summed E-state index contributed by atoms with van der Waals surface area (Å²) in [5, 5.41) is 21.6. The van der Waals surface area contributed by atoms with Crippen molar-refractivity contribution in [2.75, 3.05) is 16.8 Å². The lowest BCUT2D eigenvalue weighted by molar-refractivity contribution is -0.138. The van der Waals surface area contributed by atoms with Gasteiger partial charge in [-0.2, -0.15) is 5.10 Å². The quantitative estimate of drug-likeness (QED) is 0.451. The summed E-state index contributed by atoms with van der Waals surface area (Å²) in [6.45, 7) is 2.30. The van der Waals surface area contributed by atoms with E-state index in [-0.39, 0.29) is 6.04 Å². The molecule has 2 atom stereocenters. The lowest BCUT2D eigenvalue weighted by Gasteiger charge is -2.22. The van der Waals surface area contributed by atoms with Gasteiger partial charge in [0.15, 0.2) is 17.2 Å². The Kier molecular flexibility index (Phi) is 3.92. The molecule has 3 N–H and O–H groups in total. The predicted molar refractivity (Wildman–Crippen MR) is 115 cm³/mol. The number of para-hydroxylation sites is 1. The lowest BCUT2D eigenvalue weighted by Crippen LogP contribution is -2.37. The van der Waals surface area contributed by atoms with Crippen molar-refractivity contribution >= 4 is 39.7 Å². The summed E-state index contributed by atoms with van der Waals surface area (Å²) in [5.41, 5.74) is 3.13. The normalized spacial score (nSPS) is 21.3. The van der Waals surface area contributed by atoms with Crippen LogP contribution in [0.5, 0.6) is 0 Å². The van der Waals surface area contributed by atoms with E-state index in [9.17, 15) is 9.90 Å². The Hall–Kier alpha value is -3.62. The molecule has 1 aliphatic carbocycles. The molecular formula is C22H22N6O3. The number of aromatic nitrogens is 4. The highest BCUT2D eigenvalue weighted by molar-refractivity contribution is 6.06. The molecule has 0 radical (unpaired) electrons. The Balaban J connectivity index is 1.39. The van der Waals surface area contributed by atoms with Gasteiger partial charge in [-0.3, -0.25) is 5.10 Å². The molecule has 0 spiro atoms. The van der Waals surface area contributed by atoms with E-state index in [1.54, 1.807) is 0 Å². The minimum atomic E-state index is -0.880. The van der Waals surface area contributed by atoms with Crippen LogP contribution in [-0.2, 0) is 4.79 Å². The molecule has 4 heterocycles. The molecule has 2 fully saturated rings. The number of aryl methyl sites for hydroxylation is 1. The zero-order valence-electron chi connectivity index (χ0n) is 17.0. The monoisotopic (exact) mass is 418 g/mol. The van der Waals surface area contributed by atoms with Crippen LogP contribution in [0.1, 0.15) is 36.6 Å². The smallest absolute Gasteiger partial charge is 0.326 e. The van der Waals surface area contributed by atoms with Gasteiger partial charge in [0.2, 0.25) is 0 Å². The average Bonchev–Trinajstić information content (AvgIpc) is 3.18. The number of anilines is 2. The molecule has 1 aromatic carbocycles. The first-order valence-electron chi connectivity index (χ1n) is 10.5. The summed E-state index contributed by atoms with van der Waals surface area (Å²) in [6.07, 6.45) is 4.73. The van der Waals surface area contributed by atoms with Gasteiger partial charge in [0.1, 0.15) is 23.0 Å². The molecule has 2 aliphatic rings. The van der Waals surface area contributed by atoms with Crippen LogP contribution in [0.4, 0.5) is 11.6 Å². The third-order valence-corrected chi connectivity index (χ3v) is 6.20. The average molecular weight is 418 g/mol. The summed E-state index contributed by atoms with van der Waals surface area (Å²) in [6, 6.07) is 6.89. The predicted octanol–water partition coefficient (Wildman–Crippen LogP) is 3.43.